The third kappa shape index (κ3) is 5.06. The molecule has 0 radical (unpaired) electrons. The Morgan fingerprint density at radius 3 is 2.22 bits per heavy atom. The fourth-order valence-electron chi connectivity index (χ4n) is 2.39. The van der Waals surface area contributed by atoms with Crippen LogP contribution in [0.2, 0.25) is 0 Å². The molecule has 2 rings (SSSR count). The zero-order valence-electron chi connectivity index (χ0n) is 14.0. The van der Waals surface area contributed by atoms with Crippen LogP contribution in [0.25, 0.3) is 0 Å². The van der Waals surface area contributed by atoms with Gasteiger partial charge in [-0.1, -0.05) is 47.5 Å². The summed E-state index contributed by atoms with van der Waals surface area (Å²) in [5.41, 5.74) is 4.99. The van der Waals surface area contributed by atoms with Gasteiger partial charge in [0.25, 0.3) is 0 Å². The number of Topliss-reactive ketones (excluding diaryl/α,β-unsaturated/α-hetero) is 1. The van der Waals surface area contributed by atoms with Gasteiger partial charge >= 0.3 is 0 Å². The third-order valence-corrected chi connectivity index (χ3v) is 3.88. The molecule has 0 aliphatic heterocycles. The number of rotatable bonds is 6. The highest BCUT2D eigenvalue weighted by atomic mass is 16.2. The molecule has 0 aliphatic rings. The molecule has 23 heavy (non-hydrogen) atoms. The molecule has 120 valence electrons. The molecule has 1 amide bonds. The van der Waals surface area contributed by atoms with Crippen molar-refractivity contribution in [1.82, 2.24) is 5.32 Å². The van der Waals surface area contributed by atoms with Gasteiger partial charge in [0.05, 0.1) is 0 Å². The average molecular weight is 309 g/mol. The van der Waals surface area contributed by atoms with E-state index in [0.29, 0.717) is 6.54 Å². The average Bonchev–Trinajstić information content (AvgIpc) is 2.54. The number of carbonyl (C=O) groups is 2. The summed E-state index contributed by atoms with van der Waals surface area (Å²) in [6, 6.07) is 13.9. The Balaban J connectivity index is 1.83. The van der Waals surface area contributed by atoms with Crippen LogP contribution in [-0.4, -0.2) is 11.7 Å². The van der Waals surface area contributed by atoms with Gasteiger partial charge in [-0.05, 0) is 38.0 Å². The Morgan fingerprint density at radius 1 is 0.870 bits per heavy atom. The minimum Gasteiger partial charge on any atom is -0.352 e. The second-order valence-corrected chi connectivity index (χ2v) is 6.00. The van der Waals surface area contributed by atoms with E-state index in [4.69, 9.17) is 0 Å². The fourth-order valence-corrected chi connectivity index (χ4v) is 2.39. The summed E-state index contributed by atoms with van der Waals surface area (Å²) >= 11 is 0. The maximum Gasteiger partial charge on any atom is 0.220 e. The molecule has 0 aromatic heterocycles. The van der Waals surface area contributed by atoms with E-state index < -0.39 is 0 Å². The second kappa shape index (κ2) is 7.73. The summed E-state index contributed by atoms with van der Waals surface area (Å²) < 4.78 is 0. The molecule has 2 aromatic rings. The Bertz CT molecular complexity index is 702. The molecule has 0 aliphatic carbocycles. The second-order valence-electron chi connectivity index (χ2n) is 6.00. The summed E-state index contributed by atoms with van der Waals surface area (Å²) in [6.45, 7) is 6.41. The van der Waals surface area contributed by atoms with Crippen molar-refractivity contribution < 1.29 is 9.59 Å². The predicted octanol–water partition coefficient (Wildman–Crippen LogP) is 3.89. The highest BCUT2D eigenvalue weighted by Gasteiger charge is 2.11. The number of carbonyl (C=O) groups excluding carboxylic acids is 2. The number of hydrogen-bond acceptors (Lipinski definition) is 2. The first-order valence-corrected chi connectivity index (χ1v) is 7.88. The maximum absolute atomic E-state index is 12.3. The Hall–Kier alpha value is -2.42. The predicted molar refractivity (Wildman–Crippen MR) is 92.5 cm³/mol. The van der Waals surface area contributed by atoms with Gasteiger partial charge < -0.3 is 5.32 Å². The van der Waals surface area contributed by atoms with Gasteiger partial charge in [-0.2, -0.15) is 0 Å². The van der Waals surface area contributed by atoms with Crippen molar-refractivity contribution in [2.24, 2.45) is 0 Å². The Morgan fingerprint density at radius 2 is 1.52 bits per heavy atom. The maximum atomic E-state index is 12.3. The zero-order chi connectivity index (χ0) is 16.8. The van der Waals surface area contributed by atoms with E-state index in [2.05, 4.69) is 5.32 Å². The largest absolute Gasteiger partial charge is 0.352 e. The van der Waals surface area contributed by atoms with Gasteiger partial charge in [-0.3, -0.25) is 9.59 Å². The van der Waals surface area contributed by atoms with Crippen molar-refractivity contribution in [1.29, 1.82) is 0 Å². The topological polar surface area (TPSA) is 46.2 Å². The van der Waals surface area contributed by atoms with Gasteiger partial charge in [0.2, 0.25) is 5.91 Å². The number of hydrogen-bond donors (Lipinski definition) is 1. The van der Waals surface area contributed by atoms with Crippen LogP contribution in [0, 0.1) is 20.8 Å². The van der Waals surface area contributed by atoms with Crippen molar-refractivity contribution in [2.45, 2.75) is 40.2 Å². The number of nitrogens with one attached hydrogen (secondary N) is 1. The van der Waals surface area contributed by atoms with Crippen LogP contribution in [0.4, 0.5) is 0 Å². The van der Waals surface area contributed by atoms with Crippen molar-refractivity contribution in [3.05, 3.63) is 70.3 Å². The van der Waals surface area contributed by atoms with E-state index in [1.54, 1.807) is 0 Å². The molecule has 0 bridgehead atoms. The SMILES string of the molecule is Cc1ccc(CNC(=O)CCC(=O)c2cc(C)ccc2C)cc1. The minimum atomic E-state index is -0.0933. The summed E-state index contributed by atoms with van der Waals surface area (Å²) in [4.78, 5) is 24.2. The molecule has 2 aromatic carbocycles. The first-order valence-electron chi connectivity index (χ1n) is 7.88. The Labute approximate surface area is 137 Å². The van der Waals surface area contributed by atoms with E-state index >= 15 is 0 Å². The van der Waals surface area contributed by atoms with Crippen LogP contribution in [-0.2, 0) is 11.3 Å². The molecule has 0 heterocycles. The van der Waals surface area contributed by atoms with Crippen molar-refractivity contribution in [3.63, 3.8) is 0 Å². The van der Waals surface area contributed by atoms with E-state index in [9.17, 15) is 9.59 Å². The minimum absolute atomic E-state index is 0.0247. The number of benzene rings is 2. The molecule has 0 saturated carbocycles. The fraction of sp³-hybridized carbons (Fsp3) is 0.300. The lowest BCUT2D eigenvalue weighted by Crippen LogP contribution is -2.23. The lowest BCUT2D eigenvalue weighted by Gasteiger charge is -2.07. The van der Waals surface area contributed by atoms with Crippen molar-refractivity contribution in [2.75, 3.05) is 0 Å². The molecule has 0 atom stereocenters. The summed E-state index contributed by atoms with van der Waals surface area (Å²) in [5.74, 6) is -0.0686. The van der Waals surface area contributed by atoms with Gasteiger partial charge in [0, 0.05) is 24.9 Å². The van der Waals surface area contributed by atoms with E-state index in [1.807, 2.05) is 63.2 Å². The quantitative estimate of drug-likeness (QED) is 0.823. The van der Waals surface area contributed by atoms with Crippen molar-refractivity contribution in [3.8, 4) is 0 Å². The lowest BCUT2D eigenvalue weighted by molar-refractivity contribution is -0.121. The normalized spacial score (nSPS) is 10.4. The van der Waals surface area contributed by atoms with Gasteiger partial charge in [-0.25, -0.2) is 0 Å². The highest BCUT2D eigenvalue weighted by molar-refractivity contribution is 5.99. The van der Waals surface area contributed by atoms with E-state index in [1.165, 1.54) is 5.56 Å². The summed E-state index contributed by atoms with van der Waals surface area (Å²) in [6.07, 6.45) is 0.460. The molecule has 0 fully saturated rings. The monoisotopic (exact) mass is 309 g/mol. The molecular weight excluding hydrogens is 286 g/mol. The first kappa shape index (κ1) is 16.9. The standard InChI is InChI=1S/C20H23NO2/c1-14-5-8-17(9-6-14)13-21-20(23)11-10-19(22)18-12-15(2)4-7-16(18)3/h4-9,12H,10-11,13H2,1-3H3,(H,21,23). The highest BCUT2D eigenvalue weighted by Crippen LogP contribution is 2.14. The van der Waals surface area contributed by atoms with Crippen LogP contribution in [0.1, 0.15) is 45.5 Å². The molecule has 1 N–H and O–H groups in total. The molecular formula is C20H23NO2. The molecule has 0 saturated heterocycles. The lowest BCUT2D eigenvalue weighted by atomic mass is 9.99. The van der Waals surface area contributed by atoms with Crippen LogP contribution in [0.5, 0.6) is 0 Å². The number of amides is 1. The molecule has 3 heteroatoms. The summed E-state index contributed by atoms with van der Waals surface area (Å²) in [5, 5.41) is 2.86. The first-order chi connectivity index (χ1) is 11.0. The van der Waals surface area contributed by atoms with Crippen LogP contribution in [0.3, 0.4) is 0 Å². The van der Waals surface area contributed by atoms with Crippen LogP contribution in [0.15, 0.2) is 42.5 Å². The van der Waals surface area contributed by atoms with Crippen LogP contribution >= 0.6 is 0 Å². The summed E-state index contributed by atoms with van der Waals surface area (Å²) in [7, 11) is 0. The zero-order valence-corrected chi connectivity index (χ0v) is 14.0. The van der Waals surface area contributed by atoms with Crippen LogP contribution < -0.4 is 5.32 Å². The van der Waals surface area contributed by atoms with Gasteiger partial charge in [-0.15, -0.1) is 0 Å². The van der Waals surface area contributed by atoms with E-state index in [-0.39, 0.29) is 24.5 Å². The van der Waals surface area contributed by atoms with Gasteiger partial charge in [0.1, 0.15) is 0 Å². The molecule has 0 unspecified atom stereocenters. The molecule has 3 nitrogen and oxygen atoms in total. The molecule has 0 spiro atoms. The number of aryl methyl sites for hydroxylation is 3. The van der Waals surface area contributed by atoms with Gasteiger partial charge in [0.15, 0.2) is 5.78 Å². The van der Waals surface area contributed by atoms with E-state index in [0.717, 1.165) is 22.3 Å². The third-order valence-electron chi connectivity index (χ3n) is 3.88. The smallest absolute Gasteiger partial charge is 0.220 e. The Kier molecular flexibility index (Phi) is 5.69. The number of ketones is 1. The van der Waals surface area contributed by atoms with Crippen molar-refractivity contribution >= 4 is 11.7 Å².